The molecule has 2 amide bonds. The van der Waals surface area contributed by atoms with Crippen LogP contribution in [0.15, 0.2) is 48.5 Å². The molecule has 2 aromatic rings. The number of ether oxygens (including phenoxy) is 1. The number of nitrogens with one attached hydrogen (secondary N) is 2. The van der Waals surface area contributed by atoms with Gasteiger partial charge in [0, 0.05) is 31.2 Å². The molecule has 0 saturated heterocycles. The minimum absolute atomic E-state index is 0.0144. The quantitative estimate of drug-likeness (QED) is 0.418. The van der Waals surface area contributed by atoms with E-state index in [-0.39, 0.29) is 29.6 Å². The SMILES string of the molecule is O=C(O)CSCCNC(=O)CC1(CNC(=O)OCC2c3ccccc3-c3ccccc32)CCC1. The van der Waals surface area contributed by atoms with Crippen molar-refractivity contribution in [3.63, 3.8) is 0 Å². The van der Waals surface area contributed by atoms with Gasteiger partial charge in [0.1, 0.15) is 6.61 Å². The van der Waals surface area contributed by atoms with Crippen molar-refractivity contribution in [2.75, 3.05) is 31.2 Å². The summed E-state index contributed by atoms with van der Waals surface area (Å²) in [5.41, 5.74) is 4.49. The number of aliphatic carboxylic acids is 1. The van der Waals surface area contributed by atoms with E-state index >= 15 is 0 Å². The molecule has 1 saturated carbocycles. The number of carbonyl (C=O) groups excluding carboxylic acids is 2. The van der Waals surface area contributed by atoms with Gasteiger partial charge in [0.15, 0.2) is 0 Å². The largest absolute Gasteiger partial charge is 0.481 e. The van der Waals surface area contributed by atoms with Crippen LogP contribution in [0, 0.1) is 5.41 Å². The van der Waals surface area contributed by atoms with Crippen molar-refractivity contribution >= 4 is 29.7 Å². The molecule has 0 aliphatic heterocycles. The maximum absolute atomic E-state index is 12.5. The Balaban J connectivity index is 1.24. The number of hydrogen-bond acceptors (Lipinski definition) is 5. The molecule has 0 radical (unpaired) electrons. The number of hydrogen-bond donors (Lipinski definition) is 3. The molecule has 2 aliphatic rings. The van der Waals surface area contributed by atoms with Gasteiger partial charge in [0.05, 0.1) is 5.75 Å². The van der Waals surface area contributed by atoms with E-state index in [1.54, 1.807) is 0 Å². The first-order valence-electron chi connectivity index (χ1n) is 11.6. The van der Waals surface area contributed by atoms with Crippen molar-refractivity contribution in [1.82, 2.24) is 10.6 Å². The zero-order valence-electron chi connectivity index (χ0n) is 19.0. The number of carboxylic acid groups (broad SMARTS) is 1. The molecule has 2 aromatic carbocycles. The third-order valence-electron chi connectivity index (χ3n) is 6.70. The molecular weight excluding hydrogens is 452 g/mol. The molecule has 4 rings (SSSR count). The maximum Gasteiger partial charge on any atom is 0.407 e. The van der Waals surface area contributed by atoms with Crippen LogP contribution in [-0.4, -0.2) is 54.3 Å². The van der Waals surface area contributed by atoms with Gasteiger partial charge in [0.25, 0.3) is 0 Å². The van der Waals surface area contributed by atoms with Crippen LogP contribution in [0.2, 0.25) is 0 Å². The second-order valence-corrected chi connectivity index (χ2v) is 10.1. The van der Waals surface area contributed by atoms with Crippen LogP contribution >= 0.6 is 11.8 Å². The van der Waals surface area contributed by atoms with E-state index < -0.39 is 12.1 Å². The number of carbonyl (C=O) groups is 3. The number of thioether (sulfide) groups is 1. The number of fused-ring (bicyclic) bond motifs is 3. The van der Waals surface area contributed by atoms with Crippen molar-refractivity contribution < 1.29 is 24.2 Å². The molecule has 2 aliphatic carbocycles. The minimum Gasteiger partial charge on any atom is -0.481 e. The smallest absolute Gasteiger partial charge is 0.407 e. The zero-order valence-corrected chi connectivity index (χ0v) is 19.9. The van der Waals surface area contributed by atoms with Gasteiger partial charge in [-0.2, -0.15) is 0 Å². The maximum atomic E-state index is 12.5. The van der Waals surface area contributed by atoms with Crippen LogP contribution in [0.5, 0.6) is 0 Å². The summed E-state index contributed by atoms with van der Waals surface area (Å²) in [6.45, 7) is 1.11. The summed E-state index contributed by atoms with van der Waals surface area (Å²) in [6.07, 6.45) is 2.70. The molecule has 3 N–H and O–H groups in total. The second kappa shape index (κ2) is 11.0. The monoisotopic (exact) mass is 482 g/mol. The van der Waals surface area contributed by atoms with Crippen LogP contribution in [0.25, 0.3) is 11.1 Å². The summed E-state index contributed by atoms with van der Waals surface area (Å²) in [5.74, 6) is -0.318. The topological polar surface area (TPSA) is 105 Å². The van der Waals surface area contributed by atoms with E-state index in [1.165, 1.54) is 34.0 Å². The Morgan fingerprint density at radius 1 is 1.00 bits per heavy atom. The highest BCUT2D eigenvalue weighted by molar-refractivity contribution is 7.99. The van der Waals surface area contributed by atoms with Crippen molar-refractivity contribution in [1.29, 1.82) is 0 Å². The van der Waals surface area contributed by atoms with E-state index in [1.807, 2.05) is 24.3 Å². The number of rotatable bonds is 11. The Hall–Kier alpha value is -3.00. The van der Waals surface area contributed by atoms with Crippen LogP contribution in [0.4, 0.5) is 4.79 Å². The van der Waals surface area contributed by atoms with E-state index in [4.69, 9.17) is 9.84 Å². The van der Waals surface area contributed by atoms with Gasteiger partial charge in [-0.05, 0) is 40.5 Å². The Kier molecular flexibility index (Phi) is 7.77. The Morgan fingerprint density at radius 3 is 2.24 bits per heavy atom. The first-order chi connectivity index (χ1) is 16.5. The highest BCUT2D eigenvalue weighted by Crippen LogP contribution is 2.45. The lowest BCUT2D eigenvalue weighted by Gasteiger charge is -2.41. The van der Waals surface area contributed by atoms with Gasteiger partial charge in [0.2, 0.25) is 5.91 Å². The average Bonchev–Trinajstić information content (AvgIpc) is 3.12. The fourth-order valence-electron chi connectivity index (χ4n) is 4.83. The van der Waals surface area contributed by atoms with Gasteiger partial charge >= 0.3 is 12.1 Å². The number of amides is 2. The minimum atomic E-state index is -0.857. The lowest BCUT2D eigenvalue weighted by atomic mass is 9.66. The fraction of sp³-hybridized carbons (Fsp3) is 0.423. The molecule has 0 spiro atoms. The zero-order chi connectivity index (χ0) is 24.0. The Labute approximate surface area is 203 Å². The third-order valence-corrected chi connectivity index (χ3v) is 7.64. The normalized spacial score (nSPS) is 15.5. The third kappa shape index (κ3) is 5.73. The average molecular weight is 483 g/mol. The van der Waals surface area contributed by atoms with Crippen molar-refractivity contribution in [2.45, 2.75) is 31.6 Å². The summed E-state index contributed by atoms with van der Waals surface area (Å²) in [4.78, 5) is 35.4. The molecule has 0 aromatic heterocycles. The summed E-state index contributed by atoms with van der Waals surface area (Å²) in [5, 5.41) is 14.4. The predicted octanol–water partition coefficient (Wildman–Crippen LogP) is 4.02. The molecule has 8 heteroatoms. The molecular formula is C26H30N2O5S. The fourth-order valence-corrected chi connectivity index (χ4v) is 5.39. The lowest BCUT2D eigenvalue weighted by molar-refractivity contribution is -0.134. The van der Waals surface area contributed by atoms with Gasteiger partial charge < -0.3 is 20.5 Å². The predicted molar refractivity (Wildman–Crippen MR) is 132 cm³/mol. The standard InChI is InChI=1S/C26H30N2O5S/c29-23(27-12-13-34-16-24(30)31)14-26(10-5-11-26)17-28-25(32)33-15-22-20-8-3-1-6-18(20)19-7-2-4-9-21(19)22/h1-4,6-9,22H,5,10-17H2,(H,27,29)(H,28,32)(H,30,31). The molecule has 0 heterocycles. The Morgan fingerprint density at radius 2 is 1.65 bits per heavy atom. The van der Waals surface area contributed by atoms with E-state index in [9.17, 15) is 14.4 Å². The van der Waals surface area contributed by atoms with Crippen molar-refractivity contribution in [2.24, 2.45) is 5.41 Å². The number of alkyl carbamates (subject to hydrolysis) is 1. The van der Waals surface area contributed by atoms with E-state index in [2.05, 4.69) is 34.9 Å². The van der Waals surface area contributed by atoms with Crippen LogP contribution in [0.3, 0.4) is 0 Å². The molecule has 0 atom stereocenters. The first kappa shape index (κ1) is 24.1. The first-order valence-corrected chi connectivity index (χ1v) is 12.8. The molecule has 180 valence electrons. The summed E-state index contributed by atoms with van der Waals surface area (Å²) in [7, 11) is 0. The number of benzene rings is 2. The highest BCUT2D eigenvalue weighted by Gasteiger charge is 2.39. The van der Waals surface area contributed by atoms with Crippen LogP contribution in [0.1, 0.15) is 42.7 Å². The van der Waals surface area contributed by atoms with Gasteiger partial charge in [-0.25, -0.2) is 4.79 Å². The molecule has 1 fully saturated rings. The van der Waals surface area contributed by atoms with Crippen LogP contribution in [-0.2, 0) is 14.3 Å². The summed E-state index contributed by atoms with van der Waals surface area (Å²) >= 11 is 1.27. The molecule has 7 nitrogen and oxygen atoms in total. The highest BCUT2D eigenvalue weighted by atomic mass is 32.2. The summed E-state index contributed by atoms with van der Waals surface area (Å²) in [6, 6.07) is 16.4. The van der Waals surface area contributed by atoms with Gasteiger partial charge in [-0.1, -0.05) is 55.0 Å². The van der Waals surface area contributed by atoms with E-state index in [0.29, 0.717) is 25.3 Å². The molecule has 34 heavy (non-hydrogen) atoms. The lowest BCUT2D eigenvalue weighted by Crippen LogP contribution is -2.45. The van der Waals surface area contributed by atoms with Crippen molar-refractivity contribution in [3.05, 3.63) is 59.7 Å². The molecule has 0 bridgehead atoms. The van der Waals surface area contributed by atoms with Gasteiger partial charge in [-0.3, -0.25) is 9.59 Å². The van der Waals surface area contributed by atoms with Crippen LogP contribution < -0.4 is 10.6 Å². The molecule has 0 unspecified atom stereocenters. The summed E-state index contributed by atoms with van der Waals surface area (Å²) < 4.78 is 5.62. The van der Waals surface area contributed by atoms with Gasteiger partial charge in [-0.15, -0.1) is 11.8 Å². The van der Waals surface area contributed by atoms with E-state index in [0.717, 1.165) is 19.3 Å². The Bertz CT molecular complexity index is 1010. The second-order valence-electron chi connectivity index (χ2n) is 9.01. The van der Waals surface area contributed by atoms with Crippen molar-refractivity contribution in [3.8, 4) is 11.1 Å². The number of carboxylic acids is 1.